The average Bonchev–Trinajstić information content (AvgIpc) is 2.96. The topological polar surface area (TPSA) is 43.2 Å². The second-order valence-electron chi connectivity index (χ2n) is 4.63. The molecule has 100 valence electrons. The molecule has 3 rings (SSSR count). The number of nitrogens with zero attached hydrogens (tertiary/aromatic N) is 4. The van der Waals surface area contributed by atoms with Crippen LogP contribution < -0.4 is 0 Å². The summed E-state index contributed by atoms with van der Waals surface area (Å²) in [4.78, 5) is 6.72. The van der Waals surface area contributed by atoms with Crippen LogP contribution in [0.1, 0.15) is 0 Å². The molecule has 1 saturated heterocycles. The summed E-state index contributed by atoms with van der Waals surface area (Å²) in [7, 11) is 0. The summed E-state index contributed by atoms with van der Waals surface area (Å²) in [6, 6.07) is 7.89. The molecule has 5 nitrogen and oxygen atoms in total. The maximum absolute atomic E-state index is 5.34. The van der Waals surface area contributed by atoms with Crippen molar-refractivity contribution in [2.24, 2.45) is 0 Å². The Bertz CT molecular complexity index is 505. The van der Waals surface area contributed by atoms with Crippen LogP contribution in [0.15, 0.2) is 36.7 Å². The van der Waals surface area contributed by atoms with Gasteiger partial charge in [-0.25, -0.2) is 0 Å². The molecule has 1 fully saturated rings. The second-order valence-corrected chi connectivity index (χ2v) is 4.63. The van der Waals surface area contributed by atoms with E-state index in [1.54, 1.807) is 6.20 Å². The molecular weight excluding hydrogens is 240 g/mol. The quantitative estimate of drug-likeness (QED) is 0.828. The minimum Gasteiger partial charge on any atom is -0.379 e. The predicted octanol–water partition coefficient (Wildman–Crippen LogP) is 1.28. The smallest absolute Gasteiger partial charge is 0.111 e. The Hall–Kier alpha value is -1.72. The largest absolute Gasteiger partial charge is 0.379 e. The third-order valence-corrected chi connectivity index (χ3v) is 3.32. The Kier molecular flexibility index (Phi) is 3.86. The van der Waals surface area contributed by atoms with Gasteiger partial charge in [-0.05, 0) is 18.2 Å². The van der Waals surface area contributed by atoms with Crippen molar-refractivity contribution < 1.29 is 4.74 Å². The highest BCUT2D eigenvalue weighted by atomic mass is 16.5. The van der Waals surface area contributed by atoms with Crippen molar-refractivity contribution >= 4 is 0 Å². The van der Waals surface area contributed by atoms with Crippen LogP contribution >= 0.6 is 0 Å². The van der Waals surface area contributed by atoms with Gasteiger partial charge in [0, 0.05) is 32.0 Å². The molecule has 19 heavy (non-hydrogen) atoms. The third-order valence-electron chi connectivity index (χ3n) is 3.32. The van der Waals surface area contributed by atoms with Gasteiger partial charge in [-0.3, -0.25) is 14.6 Å². The van der Waals surface area contributed by atoms with Gasteiger partial charge in [0.2, 0.25) is 0 Å². The molecule has 0 spiro atoms. The van der Waals surface area contributed by atoms with E-state index in [4.69, 9.17) is 4.74 Å². The Morgan fingerprint density at radius 2 is 1.95 bits per heavy atom. The molecular formula is C14H18N4O. The van der Waals surface area contributed by atoms with Gasteiger partial charge in [-0.15, -0.1) is 0 Å². The lowest BCUT2D eigenvalue weighted by molar-refractivity contribution is 0.0360. The molecule has 0 unspecified atom stereocenters. The number of hydrogen-bond acceptors (Lipinski definition) is 4. The monoisotopic (exact) mass is 258 g/mol. The molecule has 0 bridgehead atoms. The van der Waals surface area contributed by atoms with Gasteiger partial charge in [0.15, 0.2) is 0 Å². The van der Waals surface area contributed by atoms with Crippen molar-refractivity contribution in [3.8, 4) is 11.4 Å². The van der Waals surface area contributed by atoms with Crippen LogP contribution in [-0.2, 0) is 11.3 Å². The number of pyridine rings is 1. The van der Waals surface area contributed by atoms with Crippen LogP contribution in [0.4, 0.5) is 0 Å². The van der Waals surface area contributed by atoms with Gasteiger partial charge in [0.05, 0.1) is 25.5 Å². The van der Waals surface area contributed by atoms with E-state index in [-0.39, 0.29) is 0 Å². The van der Waals surface area contributed by atoms with Gasteiger partial charge in [0.25, 0.3) is 0 Å². The molecule has 0 N–H and O–H groups in total. The first-order chi connectivity index (χ1) is 9.42. The summed E-state index contributed by atoms with van der Waals surface area (Å²) in [6.45, 7) is 5.67. The minimum absolute atomic E-state index is 0.846. The van der Waals surface area contributed by atoms with Crippen molar-refractivity contribution in [2.75, 3.05) is 32.8 Å². The van der Waals surface area contributed by atoms with Crippen molar-refractivity contribution in [1.82, 2.24) is 19.7 Å². The maximum atomic E-state index is 5.34. The fourth-order valence-electron chi connectivity index (χ4n) is 2.21. The van der Waals surface area contributed by atoms with E-state index in [1.807, 2.05) is 35.1 Å². The first kappa shape index (κ1) is 12.3. The van der Waals surface area contributed by atoms with Crippen LogP contribution in [0.25, 0.3) is 11.4 Å². The summed E-state index contributed by atoms with van der Waals surface area (Å²) >= 11 is 0. The van der Waals surface area contributed by atoms with Crippen LogP contribution in [-0.4, -0.2) is 52.5 Å². The van der Waals surface area contributed by atoms with Crippen LogP contribution in [0.2, 0.25) is 0 Å². The van der Waals surface area contributed by atoms with E-state index in [1.165, 1.54) is 0 Å². The molecule has 3 heterocycles. The third kappa shape index (κ3) is 3.19. The lowest BCUT2D eigenvalue weighted by Gasteiger charge is -2.26. The number of aromatic nitrogens is 3. The van der Waals surface area contributed by atoms with E-state index in [2.05, 4.69) is 15.0 Å². The van der Waals surface area contributed by atoms with Gasteiger partial charge in [-0.1, -0.05) is 6.07 Å². The maximum Gasteiger partial charge on any atom is 0.111 e. The van der Waals surface area contributed by atoms with Crippen LogP contribution in [0.5, 0.6) is 0 Å². The predicted molar refractivity (Wildman–Crippen MR) is 72.7 cm³/mol. The highest BCUT2D eigenvalue weighted by Crippen LogP contribution is 2.12. The van der Waals surface area contributed by atoms with Gasteiger partial charge < -0.3 is 4.74 Å². The number of hydrogen-bond donors (Lipinski definition) is 0. The van der Waals surface area contributed by atoms with Gasteiger partial charge in [-0.2, -0.15) is 5.10 Å². The summed E-state index contributed by atoms with van der Waals surface area (Å²) in [6.07, 6.45) is 3.81. The van der Waals surface area contributed by atoms with Gasteiger partial charge in [0.1, 0.15) is 5.69 Å². The highest BCUT2D eigenvalue weighted by molar-refractivity contribution is 5.52. The zero-order valence-corrected chi connectivity index (χ0v) is 10.9. The summed E-state index contributed by atoms with van der Waals surface area (Å²) in [5.41, 5.74) is 1.86. The number of ether oxygens (including phenoxy) is 1. The SMILES string of the molecule is c1ccc(-c2ccn(CCN3CCOCC3)n2)nc1. The van der Waals surface area contributed by atoms with Crippen molar-refractivity contribution in [3.63, 3.8) is 0 Å². The van der Waals surface area contributed by atoms with E-state index in [0.717, 1.165) is 50.8 Å². The highest BCUT2D eigenvalue weighted by Gasteiger charge is 2.10. The van der Waals surface area contributed by atoms with Crippen molar-refractivity contribution in [1.29, 1.82) is 0 Å². The van der Waals surface area contributed by atoms with E-state index in [9.17, 15) is 0 Å². The Labute approximate surface area is 112 Å². The van der Waals surface area contributed by atoms with Crippen LogP contribution in [0.3, 0.4) is 0 Å². The van der Waals surface area contributed by atoms with Gasteiger partial charge >= 0.3 is 0 Å². The summed E-state index contributed by atoms with van der Waals surface area (Å²) in [5.74, 6) is 0. The Morgan fingerprint density at radius 3 is 2.74 bits per heavy atom. The lowest BCUT2D eigenvalue weighted by Crippen LogP contribution is -2.38. The van der Waals surface area contributed by atoms with E-state index < -0.39 is 0 Å². The summed E-state index contributed by atoms with van der Waals surface area (Å²) in [5, 5.41) is 4.56. The molecule has 0 aliphatic carbocycles. The average molecular weight is 258 g/mol. The molecule has 1 aliphatic rings. The first-order valence-electron chi connectivity index (χ1n) is 6.67. The molecule has 2 aromatic rings. The van der Waals surface area contributed by atoms with Crippen LogP contribution in [0, 0.1) is 0 Å². The Morgan fingerprint density at radius 1 is 1.05 bits per heavy atom. The first-order valence-corrected chi connectivity index (χ1v) is 6.67. The van der Waals surface area contributed by atoms with E-state index in [0.29, 0.717) is 0 Å². The molecule has 0 radical (unpaired) electrons. The molecule has 0 amide bonds. The summed E-state index contributed by atoms with van der Waals surface area (Å²) < 4.78 is 7.33. The molecule has 5 heteroatoms. The molecule has 0 saturated carbocycles. The fourth-order valence-corrected chi connectivity index (χ4v) is 2.21. The molecule has 2 aromatic heterocycles. The number of morpholine rings is 1. The zero-order valence-electron chi connectivity index (χ0n) is 10.9. The lowest BCUT2D eigenvalue weighted by atomic mass is 10.3. The zero-order chi connectivity index (χ0) is 12.9. The molecule has 0 aromatic carbocycles. The van der Waals surface area contributed by atoms with E-state index >= 15 is 0 Å². The fraction of sp³-hybridized carbons (Fsp3) is 0.429. The standard InChI is InChI=1S/C14H18N4O/c1-2-5-15-13(3-1)14-4-6-18(16-14)8-7-17-9-11-19-12-10-17/h1-6H,7-12H2. The second kappa shape index (κ2) is 5.95. The number of rotatable bonds is 4. The Balaban J connectivity index is 1.59. The molecule has 1 aliphatic heterocycles. The van der Waals surface area contributed by atoms with Crippen molar-refractivity contribution in [3.05, 3.63) is 36.7 Å². The normalized spacial score (nSPS) is 16.6. The minimum atomic E-state index is 0.846. The molecule has 0 atom stereocenters. The van der Waals surface area contributed by atoms with Crippen molar-refractivity contribution in [2.45, 2.75) is 6.54 Å².